The van der Waals surface area contributed by atoms with Gasteiger partial charge in [0.2, 0.25) is 5.88 Å². The fourth-order valence-corrected chi connectivity index (χ4v) is 4.28. The van der Waals surface area contributed by atoms with Crippen LogP contribution in [-0.4, -0.2) is 33.8 Å². The molecule has 28 heavy (non-hydrogen) atoms. The summed E-state index contributed by atoms with van der Waals surface area (Å²) in [5, 5.41) is 21.3. The molecule has 0 aliphatic carbocycles. The molecule has 2 heterocycles. The van der Waals surface area contributed by atoms with Gasteiger partial charge in [0.05, 0.1) is 17.3 Å². The third-order valence-electron chi connectivity index (χ3n) is 4.31. The van der Waals surface area contributed by atoms with Gasteiger partial charge in [0, 0.05) is 16.9 Å². The van der Waals surface area contributed by atoms with Crippen molar-refractivity contribution in [3.63, 3.8) is 0 Å². The number of aromatic hydroxyl groups is 1. The van der Waals surface area contributed by atoms with Crippen LogP contribution < -0.4 is 15.3 Å². The Labute approximate surface area is 169 Å². The number of rotatable bonds is 5. The van der Waals surface area contributed by atoms with Crippen LogP contribution in [0.4, 0.5) is 0 Å². The van der Waals surface area contributed by atoms with Crippen molar-refractivity contribution < 1.29 is 24.5 Å². The SMILES string of the molecule is COc1ccc2c(c1)=NC(=O)C(=Cc1sc(=S)n([C@H](C(=O)O)C(C)C)c1O)C=2. The van der Waals surface area contributed by atoms with Crippen LogP contribution in [0.3, 0.4) is 0 Å². The van der Waals surface area contributed by atoms with Crippen LogP contribution in [0.25, 0.3) is 12.2 Å². The summed E-state index contributed by atoms with van der Waals surface area (Å²) >= 11 is 6.30. The van der Waals surface area contributed by atoms with Gasteiger partial charge in [-0.25, -0.2) is 9.79 Å². The van der Waals surface area contributed by atoms with Gasteiger partial charge in [0.15, 0.2) is 3.95 Å². The molecule has 2 aromatic rings. The van der Waals surface area contributed by atoms with Crippen molar-refractivity contribution in [3.8, 4) is 11.6 Å². The van der Waals surface area contributed by atoms with Crippen LogP contribution in [0, 0.1) is 9.87 Å². The summed E-state index contributed by atoms with van der Waals surface area (Å²) in [6.07, 6.45) is 3.14. The first-order chi connectivity index (χ1) is 13.2. The number of aromatic nitrogens is 1. The Kier molecular flexibility index (Phi) is 5.48. The van der Waals surface area contributed by atoms with E-state index in [0.717, 1.165) is 16.6 Å². The molecule has 0 saturated heterocycles. The Bertz CT molecular complexity index is 1170. The van der Waals surface area contributed by atoms with Gasteiger partial charge in [0.1, 0.15) is 11.8 Å². The highest BCUT2D eigenvalue weighted by atomic mass is 32.1. The molecular formula is C19H18N2O5S2. The standard InChI is InChI=1S/C19H18N2O5S2/c1-9(2)15(18(24)25)21-17(23)14(28-19(21)27)7-11-6-10-4-5-12(26-3)8-13(10)20-16(11)22/h4-9,15,23H,1-3H3,(H,24,25)/t15-/m0/s1. The Morgan fingerprint density at radius 3 is 2.71 bits per heavy atom. The van der Waals surface area contributed by atoms with Gasteiger partial charge in [-0.1, -0.05) is 13.8 Å². The molecule has 146 valence electrons. The number of thiazole rings is 1. The highest BCUT2D eigenvalue weighted by Gasteiger charge is 2.28. The first kappa shape index (κ1) is 20.0. The lowest BCUT2D eigenvalue weighted by Gasteiger charge is -2.18. The highest BCUT2D eigenvalue weighted by molar-refractivity contribution is 7.73. The number of hydrogen-bond acceptors (Lipinski definition) is 6. The van der Waals surface area contributed by atoms with Crippen molar-refractivity contribution in [2.24, 2.45) is 10.9 Å². The monoisotopic (exact) mass is 418 g/mol. The smallest absolute Gasteiger partial charge is 0.327 e. The zero-order chi connectivity index (χ0) is 20.6. The Morgan fingerprint density at radius 2 is 2.11 bits per heavy atom. The largest absolute Gasteiger partial charge is 0.497 e. The number of amides is 1. The highest BCUT2D eigenvalue weighted by Crippen LogP contribution is 2.34. The summed E-state index contributed by atoms with van der Waals surface area (Å²) in [6.45, 7) is 3.47. The molecule has 1 aliphatic rings. The third-order valence-corrected chi connectivity index (χ3v) is 5.65. The van der Waals surface area contributed by atoms with Crippen LogP contribution in [0.15, 0.2) is 28.8 Å². The summed E-state index contributed by atoms with van der Waals surface area (Å²) < 4.78 is 6.57. The number of carboxylic acids is 1. The first-order valence-corrected chi connectivity index (χ1v) is 9.63. The minimum absolute atomic E-state index is 0.218. The molecule has 0 unspecified atom stereocenters. The molecule has 7 nitrogen and oxygen atoms in total. The van der Waals surface area contributed by atoms with Crippen molar-refractivity contribution in [2.75, 3.05) is 7.11 Å². The quantitative estimate of drug-likeness (QED) is 0.571. The molecule has 1 aliphatic heterocycles. The van der Waals surface area contributed by atoms with Crippen LogP contribution in [0.2, 0.25) is 0 Å². The maximum atomic E-state index is 12.4. The Morgan fingerprint density at radius 1 is 1.39 bits per heavy atom. The molecule has 2 N–H and O–H groups in total. The van der Waals surface area contributed by atoms with Gasteiger partial charge in [-0.05, 0) is 42.4 Å². The van der Waals surface area contributed by atoms with E-state index in [-0.39, 0.29) is 21.3 Å². The number of ether oxygens (including phenoxy) is 1. The normalized spacial score (nSPS) is 15.7. The number of nitrogens with zero attached hydrogens (tertiary/aromatic N) is 2. The molecule has 3 rings (SSSR count). The van der Waals surface area contributed by atoms with Crippen molar-refractivity contribution in [1.82, 2.24) is 4.57 Å². The average molecular weight is 418 g/mol. The summed E-state index contributed by atoms with van der Waals surface area (Å²) in [7, 11) is 1.53. The van der Waals surface area contributed by atoms with E-state index in [2.05, 4.69) is 4.99 Å². The number of methoxy groups -OCH3 is 1. The van der Waals surface area contributed by atoms with Crippen LogP contribution in [0.5, 0.6) is 11.6 Å². The lowest BCUT2D eigenvalue weighted by atomic mass is 10.0. The van der Waals surface area contributed by atoms with Crippen LogP contribution >= 0.6 is 23.6 Å². The van der Waals surface area contributed by atoms with E-state index in [1.807, 2.05) is 0 Å². The van der Waals surface area contributed by atoms with Crippen LogP contribution in [-0.2, 0) is 9.59 Å². The zero-order valence-corrected chi connectivity index (χ0v) is 17.0. The molecular weight excluding hydrogens is 400 g/mol. The minimum Gasteiger partial charge on any atom is -0.497 e. The molecule has 1 atom stereocenters. The second kappa shape index (κ2) is 7.69. The summed E-state index contributed by atoms with van der Waals surface area (Å²) in [4.78, 5) is 28.4. The molecule has 1 aromatic heterocycles. The number of carboxylic acid groups (broad SMARTS) is 1. The van der Waals surface area contributed by atoms with Crippen LogP contribution in [0.1, 0.15) is 24.8 Å². The van der Waals surface area contributed by atoms with E-state index in [1.165, 1.54) is 17.8 Å². The lowest BCUT2D eigenvalue weighted by Crippen LogP contribution is -2.30. The average Bonchev–Trinajstić information content (AvgIpc) is 2.89. The Balaban J connectivity index is 2.11. The van der Waals surface area contributed by atoms with E-state index < -0.39 is 17.9 Å². The summed E-state index contributed by atoms with van der Waals surface area (Å²) in [5.74, 6) is -1.52. The molecule has 1 amide bonds. The predicted octanol–water partition coefficient (Wildman–Crippen LogP) is 2.30. The van der Waals surface area contributed by atoms with E-state index in [4.69, 9.17) is 17.0 Å². The van der Waals surface area contributed by atoms with E-state index in [1.54, 1.807) is 38.1 Å². The van der Waals surface area contributed by atoms with Gasteiger partial charge in [-0.15, -0.1) is 11.3 Å². The zero-order valence-electron chi connectivity index (χ0n) is 15.4. The maximum absolute atomic E-state index is 12.4. The number of carbonyl (C=O) groups excluding carboxylic acids is 1. The fraction of sp³-hybridized carbons (Fsp3) is 0.263. The minimum atomic E-state index is -1.09. The van der Waals surface area contributed by atoms with Crippen molar-refractivity contribution >= 4 is 47.6 Å². The third kappa shape index (κ3) is 3.63. The van der Waals surface area contributed by atoms with E-state index >= 15 is 0 Å². The first-order valence-electron chi connectivity index (χ1n) is 8.40. The van der Waals surface area contributed by atoms with Gasteiger partial charge in [0.25, 0.3) is 5.91 Å². The molecule has 1 aromatic carbocycles. The predicted molar refractivity (Wildman–Crippen MR) is 108 cm³/mol. The van der Waals surface area contributed by atoms with Gasteiger partial charge >= 0.3 is 5.97 Å². The number of fused-ring (bicyclic) bond motifs is 1. The molecule has 0 fully saturated rings. The topological polar surface area (TPSA) is 101 Å². The van der Waals surface area contributed by atoms with E-state index in [0.29, 0.717) is 16.0 Å². The van der Waals surface area contributed by atoms with E-state index in [9.17, 15) is 19.8 Å². The Hall–Kier alpha value is -2.78. The molecule has 0 bridgehead atoms. The number of aliphatic carboxylic acids is 1. The lowest BCUT2D eigenvalue weighted by molar-refractivity contribution is -0.142. The second-order valence-electron chi connectivity index (χ2n) is 6.54. The van der Waals surface area contributed by atoms with Crippen molar-refractivity contribution in [2.45, 2.75) is 19.9 Å². The summed E-state index contributed by atoms with van der Waals surface area (Å²) in [5.41, 5.74) is 0.271. The van der Waals surface area contributed by atoms with Crippen molar-refractivity contribution in [1.29, 1.82) is 0 Å². The molecule has 0 radical (unpaired) electrons. The van der Waals surface area contributed by atoms with Gasteiger partial charge in [-0.2, -0.15) is 0 Å². The fourth-order valence-electron chi connectivity index (χ4n) is 2.94. The number of hydrogen-bond donors (Lipinski definition) is 2. The molecule has 0 spiro atoms. The number of carbonyl (C=O) groups is 2. The van der Waals surface area contributed by atoms with Crippen molar-refractivity contribution in [3.05, 3.63) is 43.2 Å². The number of benzene rings is 1. The maximum Gasteiger partial charge on any atom is 0.327 e. The van der Waals surface area contributed by atoms with Gasteiger partial charge < -0.3 is 14.9 Å². The molecule has 9 heteroatoms. The second-order valence-corrected chi connectivity index (χ2v) is 8.21. The molecule has 0 saturated carbocycles. The summed E-state index contributed by atoms with van der Waals surface area (Å²) in [6, 6.07) is 4.21. The van der Waals surface area contributed by atoms with Gasteiger partial charge in [-0.3, -0.25) is 9.36 Å².